The zero-order valence-corrected chi connectivity index (χ0v) is 26.5. The van der Waals surface area contributed by atoms with E-state index in [-0.39, 0.29) is 29.7 Å². The first-order valence-electron chi connectivity index (χ1n) is 18.8. The summed E-state index contributed by atoms with van der Waals surface area (Å²) in [6.07, 6.45) is 0. The van der Waals surface area contributed by atoms with Gasteiger partial charge in [0.15, 0.2) is 17.5 Å². The lowest BCUT2D eigenvalue weighted by Gasteiger charge is -2.09. The third-order valence-electron chi connectivity index (χ3n) is 9.14. The highest BCUT2D eigenvalue weighted by molar-refractivity contribution is 6.16. The van der Waals surface area contributed by atoms with Crippen LogP contribution in [0.3, 0.4) is 0 Å². The SMILES string of the molecule is [2H]c1c([2H])c([2H])c(-c2cccc3c2c2ccccc2n3-c2ccc3oc4cc(-c5nc(-c6ccccc6)nc(-c6ccccc6)n5)ccc4c3c2)c([2H])c1[2H]. The van der Waals surface area contributed by atoms with Crippen molar-refractivity contribution in [1.82, 2.24) is 19.5 Å². The average Bonchev–Trinajstić information content (AvgIpc) is 3.78. The van der Waals surface area contributed by atoms with Gasteiger partial charge in [0.1, 0.15) is 11.2 Å². The second-order valence-electron chi connectivity index (χ2n) is 12.1. The summed E-state index contributed by atoms with van der Waals surface area (Å²) in [6.45, 7) is 0. The lowest BCUT2D eigenvalue weighted by Crippen LogP contribution is -2.00. The molecule has 0 aliphatic heterocycles. The van der Waals surface area contributed by atoms with Gasteiger partial charge in [0.2, 0.25) is 0 Å². The van der Waals surface area contributed by atoms with Gasteiger partial charge < -0.3 is 8.98 Å². The summed E-state index contributed by atoms with van der Waals surface area (Å²) in [7, 11) is 0. The molecule has 0 aliphatic carbocycles. The van der Waals surface area contributed by atoms with Gasteiger partial charge in [-0.1, -0.05) is 127 Å². The van der Waals surface area contributed by atoms with Gasteiger partial charge in [-0.15, -0.1) is 0 Å². The van der Waals surface area contributed by atoms with Crippen LogP contribution in [0.15, 0.2) is 174 Å². The quantitative estimate of drug-likeness (QED) is 0.187. The Labute approximate surface area is 294 Å². The van der Waals surface area contributed by atoms with E-state index in [0.29, 0.717) is 28.6 Å². The number of para-hydroxylation sites is 1. The molecule has 0 fully saturated rings. The van der Waals surface area contributed by atoms with Crippen molar-refractivity contribution in [2.75, 3.05) is 0 Å². The van der Waals surface area contributed by atoms with Crippen molar-refractivity contribution in [2.45, 2.75) is 0 Å². The number of hydrogen-bond donors (Lipinski definition) is 0. The van der Waals surface area contributed by atoms with E-state index in [1.54, 1.807) is 0 Å². The lowest BCUT2D eigenvalue weighted by atomic mass is 9.99. The smallest absolute Gasteiger partial charge is 0.164 e. The Kier molecular flexibility index (Phi) is 5.35. The number of benzene rings is 7. The molecule has 0 atom stereocenters. The van der Waals surface area contributed by atoms with Gasteiger partial charge in [-0.25, -0.2) is 15.0 Å². The van der Waals surface area contributed by atoms with Gasteiger partial charge in [0, 0.05) is 43.9 Å². The van der Waals surface area contributed by atoms with E-state index in [1.807, 2.05) is 133 Å². The number of fused-ring (bicyclic) bond motifs is 6. The van der Waals surface area contributed by atoms with Crippen LogP contribution in [0, 0.1) is 0 Å². The van der Waals surface area contributed by atoms with Crippen molar-refractivity contribution >= 4 is 43.7 Å². The second-order valence-corrected chi connectivity index (χ2v) is 12.1. The average molecular weight is 646 g/mol. The minimum absolute atomic E-state index is 0.177. The molecule has 0 unspecified atom stereocenters. The molecular weight excluding hydrogens is 613 g/mol. The van der Waals surface area contributed by atoms with Crippen molar-refractivity contribution in [3.63, 3.8) is 0 Å². The van der Waals surface area contributed by atoms with Gasteiger partial charge in [-0.05, 0) is 53.6 Å². The Morgan fingerprint density at radius 1 is 0.460 bits per heavy atom. The fraction of sp³-hybridized carbons (Fsp3) is 0. The van der Waals surface area contributed by atoms with Crippen LogP contribution in [0.2, 0.25) is 0 Å². The van der Waals surface area contributed by atoms with Crippen LogP contribution in [-0.4, -0.2) is 19.5 Å². The summed E-state index contributed by atoms with van der Waals surface area (Å²) in [4.78, 5) is 14.6. The Balaban J connectivity index is 1.13. The zero-order valence-electron chi connectivity index (χ0n) is 31.5. The van der Waals surface area contributed by atoms with Crippen LogP contribution in [0.5, 0.6) is 0 Å². The normalized spacial score (nSPS) is 13.0. The van der Waals surface area contributed by atoms with E-state index >= 15 is 0 Å². The highest BCUT2D eigenvalue weighted by Crippen LogP contribution is 2.40. The number of furan rings is 1. The Morgan fingerprint density at radius 2 is 1.12 bits per heavy atom. The maximum absolute atomic E-state index is 8.75. The molecule has 5 heteroatoms. The van der Waals surface area contributed by atoms with Crippen LogP contribution >= 0.6 is 0 Å². The number of aromatic nitrogens is 4. The maximum atomic E-state index is 8.75. The third kappa shape index (κ3) is 4.60. The van der Waals surface area contributed by atoms with Gasteiger partial charge in [0.05, 0.1) is 17.9 Å². The summed E-state index contributed by atoms with van der Waals surface area (Å²) in [5.74, 6) is 1.70. The first kappa shape index (κ1) is 23.5. The molecule has 50 heavy (non-hydrogen) atoms. The minimum Gasteiger partial charge on any atom is -0.456 e. The molecule has 3 heterocycles. The Hall–Kier alpha value is -6.85. The van der Waals surface area contributed by atoms with Crippen LogP contribution in [0.4, 0.5) is 0 Å². The molecule has 234 valence electrons. The molecule has 7 aromatic carbocycles. The topological polar surface area (TPSA) is 56.7 Å². The first-order chi connectivity index (χ1) is 26.9. The molecule has 10 rings (SSSR count). The molecule has 10 aromatic rings. The maximum Gasteiger partial charge on any atom is 0.164 e. The molecule has 0 spiro atoms. The highest BCUT2D eigenvalue weighted by atomic mass is 16.3. The van der Waals surface area contributed by atoms with E-state index in [4.69, 9.17) is 26.2 Å². The predicted molar refractivity (Wildman–Crippen MR) is 203 cm³/mol. The van der Waals surface area contributed by atoms with Crippen LogP contribution in [-0.2, 0) is 0 Å². The molecule has 3 aromatic heterocycles. The summed E-state index contributed by atoms with van der Waals surface area (Å²) in [5, 5.41) is 3.57. The van der Waals surface area contributed by atoms with Gasteiger partial charge >= 0.3 is 0 Å². The Morgan fingerprint density at radius 3 is 1.86 bits per heavy atom. The number of nitrogens with zero attached hydrogens (tertiary/aromatic N) is 4. The molecule has 0 amide bonds. The minimum atomic E-state index is -0.414. The van der Waals surface area contributed by atoms with E-state index in [1.165, 1.54) is 0 Å². The van der Waals surface area contributed by atoms with E-state index in [2.05, 4.69) is 10.6 Å². The molecule has 0 N–H and O–H groups in total. The van der Waals surface area contributed by atoms with Gasteiger partial charge in [0.25, 0.3) is 0 Å². The second kappa shape index (κ2) is 11.4. The van der Waals surface area contributed by atoms with Crippen LogP contribution in [0.25, 0.3) is 94.7 Å². The summed E-state index contributed by atoms with van der Waals surface area (Å²) in [6, 6.07) is 43.9. The standard InChI is InChI=1S/C45H28N4O/c1-4-13-29(14-5-1)34-20-12-22-39-42(34)36-19-10-11-21-38(36)49(39)33-24-26-40-37(28-33)35-25-23-32(27-41(35)50-40)45-47-43(30-15-6-2-7-16-30)46-44(48-45)31-17-8-3-9-18-31/h1-28H/i1D,4D,5D,13D,14D. The molecule has 0 bridgehead atoms. The van der Waals surface area contributed by atoms with Crippen molar-refractivity contribution < 1.29 is 11.3 Å². The first-order valence-corrected chi connectivity index (χ1v) is 16.3. The predicted octanol–water partition coefficient (Wildman–Crippen LogP) is 11.5. The molecule has 5 nitrogen and oxygen atoms in total. The van der Waals surface area contributed by atoms with Gasteiger partial charge in [-0.3, -0.25) is 0 Å². The van der Waals surface area contributed by atoms with Crippen molar-refractivity contribution in [3.8, 4) is 51.0 Å². The van der Waals surface area contributed by atoms with Crippen molar-refractivity contribution in [3.05, 3.63) is 170 Å². The highest BCUT2D eigenvalue weighted by Gasteiger charge is 2.18. The fourth-order valence-corrected chi connectivity index (χ4v) is 6.87. The zero-order chi connectivity index (χ0) is 37.4. The summed E-state index contributed by atoms with van der Waals surface area (Å²) >= 11 is 0. The molecule has 0 saturated carbocycles. The van der Waals surface area contributed by atoms with Crippen molar-refractivity contribution in [2.24, 2.45) is 0 Å². The Bertz CT molecular complexity index is 3070. The van der Waals surface area contributed by atoms with E-state index in [9.17, 15) is 0 Å². The van der Waals surface area contributed by atoms with E-state index in [0.717, 1.165) is 60.5 Å². The molecule has 0 aliphatic rings. The number of rotatable bonds is 5. The summed E-state index contributed by atoms with van der Waals surface area (Å²) < 4.78 is 50.9. The fourth-order valence-electron chi connectivity index (χ4n) is 6.87. The van der Waals surface area contributed by atoms with Crippen LogP contribution in [0.1, 0.15) is 6.85 Å². The molecule has 0 radical (unpaired) electrons. The number of hydrogen-bond acceptors (Lipinski definition) is 4. The van der Waals surface area contributed by atoms with Gasteiger partial charge in [-0.2, -0.15) is 0 Å². The van der Waals surface area contributed by atoms with Crippen LogP contribution < -0.4 is 0 Å². The summed E-state index contributed by atoms with van der Waals surface area (Å²) in [5.41, 5.74) is 7.42. The monoisotopic (exact) mass is 645 g/mol. The largest absolute Gasteiger partial charge is 0.456 e. The molecule has 0 saturated heterocycles. The lowest BCUT2D eigenvalue weighted by molar-refractivity contribution is 0.669. The third-order valence-corrected chi connectivity index (χ3v) is 9.14. The van der Waals surface area contributed by atoms with E-state index < -0.39 is 6.04 Å². The van der Waals surface area contributed by atoms with Crippen molar-refractivity contribution in [1.29, 1.82) is 0 Å². The molecular formula is C45H28N4O.